The average Bonchev–Trinajstić information content (AvgIpc) is 3.24. The van der Waals surface area contributed by atoms with Crippen molar-refractivity contribution in [2.75, 3.05) is 0 Å². The first kappa shape index (κ1) is 14.1. The van der Waals surface area contributed by atoms with Crippen LogP contribution in [-0.2, 0) is 6.54 Å². The number of aromatic amines is 1. The van der Waals surface area contributed by atoms with Crippen molar-refractivity contribution in [2.24, 2.45) is 5.92 Å². The van der Waals surface area contributed by atoms with Crippen LogP contribution < -0.4 is 11.2 Å². The molecule has 0 radical (unpaired) electrons. The van der Waals surface area contributed by atoms with Crippen LogP contribution in [0.4, 0.5) is 4.39 Å². The van der Waals surface area contributed by atoms with Gasteiger partial charge in [0.15, 0.2) is 0 Å². The maximum atomic E-state index is 13.0. The highest BCUT2D eigenvalue weighted by Crippen LogP contribution is 2.32. The van der Waals surface area contributed by atoms with Gasteiger partial charge in [-0.05, 0) is 30.0 Å². The molecule has 110 valence electrons. The van der Waals surface area contributed by atoms with Crippen molar-refractivity contribution in [2.45, 2.75) is 25.8 Å². The molecule has 1 aromatic heterocycles. The fraction of sp³-hybridized carbons (Fsp3) is 0.333. The summed E-state index contributed by atoms with van der Waals surface area (Å²) < 4.78 is 14.2. The highest BCUT2D eigenvalue weighted by molar-refractivity contribution is 6.32. The molecule has 1 N–H and O–H groups in total. The molecule has 1 aliphatic carbocycles. The molecule has 3 rings (SSSR count). The summed E-state index contributed by atoms with van der Waals surface area (Å²) in [6, 6.07) is 5.46. The summed E-state index contributed by atoms with van der Waals surface area (Å²) in [6.45, 7) is 0.379. The molecule has 4 nitrogen and oxygen atoms in total. The van der Waals surface area contributed by atoms with Crippen LogP contribution in [0.2, 0.25) is 5.15 Å². The minimum atomic E-state index is -0.503. The molecule has 6 heteroatoms. The van der Waals surface area contributed by atoms with Crippen molar-refractivity contribution in [3.63, 3.8) is 0 Å². The molecule has 0 spiro atoms. The molecule has 1 aliphatic rings. The summed E-state index contributed by atoms with van der Waals surface area (Å²) >= 11 is 5.99. The van der Waals surface area contributed by atoms with Crippen molar-refractivity contribution in [1.29, 1.82) is 0 Å². The zero-order chi connectivity index (χ0) is 15.0. The number of hydrogen-bond acceptors (Lipinski definition) is 2. The minimum Gasteiger partial charge on any atom is -0.297 e. The van der Waals surface area contributed by atoms with E-state index in [1.165, 1.54) is 28.8 Å². The predicted octanol–water partition coefficient (Wildman–Crippen LogP) is 2.80. The largest absolute Gasteiger partial charge is 0.329 e. The van der Waals surface area contributed by atoms with E-state index in [0.717, 1.165) is 19.3 Å². The maximum Gasteiger partial charge on any atom is 0.329 e. The molecule has 0 aliphatic heterocycles. The second-order valence-electron chi connectivity index (χ2n) is 5.31. The van der Waals surface area contributed by atoms with Gasteiger partial charge in [-0.25, -0.2) is 9.18 Å². The van der Waals surface area contributed by atoms with Gasteiger partial charge >= 0.3 is 5.69 Å². The van der Waals surface area contributed by atoms with Gasteiger partial charge in [-0.2, -0.15) is 0 Å². The molecule has 0 saturated heterocycles. The average molecular weight is 309 g/mol. The summed E-state index contributed by atoms with van der Waals surface area (Å²) in [7, 11) is 0. The molecular formula is C15H14ClFN2O2. The number of rotatable bonds is 4. The number of hydrogen-bond donors (Lipinski definition) is 1. The van der Waals surface area contributed by atoms with Crippen LogP contribution in [0.15, 0.2) is 33.9 Å². The Labute approximate surface area is 125 Å². The van der Waals surface area contributed by atoms with Gasteiger partial charge in [-0.15, -0.1) is 0 Å². The molecule has 2 aromatic rings. The van der Waals surface area contributed by atoms with Gasteiger partial charge < -0.3 is 0 Å². The highest BCUT2D eigenvalue weighted by Gasteiger charge is 2.22. The Morgan fingerprint density at radius 2 is 1.90 bits per heavy atom. The fourth-order valence-corrected chi connectivity index (χ4v) is 2.60. The second-order valence-corrected chi connectivity index (χ2v) is 5.69. The smallest absolute Gasteiger partial charge is 0.297 e. The van der Waals surface area contributed by atoms with E-state index in [1.807, 2.05) is 0 Å². The topological polar surface area (TPSA) is 54.9 Å². The van der Waals surface area contributed by atoms with Crippen molar-refractivity contribution >= 4 is 11.6 Å². The Morgan fingerprint density at radius 1 is 1.24 bits per heavy atom. The molecule has 0 bridgehead atoms. The molecule has 1 aromatic carbocycles. The van der Waals surface area contributed by atoms with E-state index in [9.17, 15) is 14.0 Å². The lowest BCUT2D eigenvalue weighted by Crippen LogP contribution is -2.36. The van der Waals surface area contributed by atoms with E-state index in [4.69, 9.17) is 11.6 Å². The Bertz CT molecular complexity index is 776. The van der Waals surface area contributed by atoms with Gasteiger partial charge in [-0.3, -0.25) is 14.3 Å². The molecular weight excluding hydrogens is 295 g/mol. The standard InChI is InChI=1S/C15H14ClFN2O2/c16-13-12(10-3-5-11(17)6-4-10)14(20)19(15(21)18-13)8-7-9-1-2-9/h3-6,9H,1-2,7-8H2,(H,18,21). The normalized spacial score (nSPS) is 14.4. The van der Waals surface area contributed by atoms with Crippen molar-refractivity contribution in [3.05, 3.63) is 56.1 Å². The molecule has 0 amide bonds. The number of nitrogens with one attached hydrogen (secondary N) is 1. The number of H-pyrrole nitrogens is 1. The third-order valence-electron chi connectivity index (χ3n) is 3.73. The van der Waals surface area contributed by atoms with E-state index in [1.54, 1.807) is 0 Å². The van der Waals surface area contributed by atoms with Crippen LogP contribution in [0.25, 0.3) is 11.1 Å². The monoisotopic (exact) mass is 308 g/mol. The maximum absolute atomic E-state index is 13.0. The third-order valence-corrected chi connectivity index (χ3v) is 4.01. The lowest BCUT2D eigenvalue weighted by Gasteiger charge is -2.09. The van der Waals surface area contributed by atoms with Gasteiger partial charge in [0.05, 0.1) is 5.56 Å². The molecule has 1 heterocycles. The quantitative estimate of drug-likeness (QED) is 0.883. The fourth-order valence-electron chi connectivity index (χ4n) is 2.33. The number of halogens is 2. The van der Waals surface area contributed by atoms with E-state index < -0.39 is 17.1 Å². The Kier molecular flexibility index (Phi) is 3.68. The van der Waals surface area contributed by atoms with Crippen LogP contribution in [0.1, 0.15) is 19.3 Å². The van der Waals surface area contributed by atoms with Crippen LogP contribution in [-0.4, -0.2) is 9.55 Å². The Morgan fingerprint density at radius 3 is 2.52 bits per heavy atom. The summed E-state index contributed by atoms with van der Waals surface area (Å²) in [4.78, 5) is 26.9. The van der Waals surface area contributed by atoms with Gasteiger partial charge in [0.2, 0.25) is 0 Å². The SMILES string of the molecule is O=c1[nH]c(Cl)c(-c2ccc(F)cc2)c(=O)n1CCC1CC1. The van der Waals surface area contributed by atoms with Crippen molar-refractivity contribution in [1.82, 2.24) is 9.55 Å². The molecule has 0 unspecified atom stereocenters. The zero-order valence-electron chi connectivity index (χ0n) is 11.2. The molecule has 21 heavy (non-hydrogen) atoms. The first-order valence-corrected chi connectivity index (χ1v) is 7.22. The van der Waals surface area contributed by atoms with E-state index >= 15 is 0 Å². The van der Waals surface area contributed by atoms with E-state index in [2.05, 4.69) is 4.98 Å². The number of nitrogens with zero attached hydrogens (tertiary/aromatic N) is 1. The molecule has 0 atom stereocenters. The van der Waals surface area contributed by atoms with Crippen LogP contribution >= 0.6 is 11.6 Å². The lowest BCUT2D eigenvalue weighted by molar-refractivity contribution is 0.558. The lowest BCUT2D eigenvalue weighted by atomic mass is 10.1. The van der Waals surface area contributed by atoms with Crippen molar-refractivity contribution < 1.29 is 4.39 Å². The highest BCUT2D eigenvalue weighted by atomic mass is 35.5. The number of aromatic nitrogens is 2. The summed E-state index contributed by atoms with van der Waals surface area (Å²) in [5.41, 5.74) is -0.248. The predicted molar refractivity (Wildman–Crippen MR) is 79.1 cm³/mol. The van der Waals surface area contributed by atoms with E-state index in [0.29, 0.717) is 18.0 Å². The van der Waals surface area contributed by atoms with Crippen LogP contribution in [0, 0.1) is 11.7 Å². The summed E-state index contributed by atoms with van der Waals surface area (Å²) in [6.07, 6.45) is 3.13. The third kappa shape index (κ3) is 2.93. The zero-order valence-corrected chi connectivity index (χ0v) is 12.0. The van der Waals surface area contributed by atoms with Crippen LogP contribution in [0.3, 0.4) is 0 Å². The van der Waals surface area contributed by atoms with Gasteiger partial charge in [0, 0.05) is 6.54 Å². The Hall–Kier alpha value is -1.88. The second kappa shape index (κ2) is 5.48. The van der Waals surface area contributed by atoms with Gasteiger partial charge in [-0.1, -0.05) is 36.6 Å². The summed E-state index contributed by atoms with van der Waals surface area (Å²) in [5.74, 6) is 0.217. The van der Waals surface area contributed by atoms with Gasteiger partial charge in [0.25, 0.3) is 5.56 Å². The van der Waals surface area contributed by atoms with Gasteiger partial charge in [0.1, 0.15) is 11.0 Å². The summed E-state index contributed by atoms with van der Waals surface area (Å²) in [5, 5.41) is -0.0146. The van der Waals surface area contributed by atoms with Crippen LogP contribution in [0.5, 0.6) is 0 Å². The minimum absolute atomic E-state index is 0.0146. The molecule has 1 fully saturated rings. The first-order chi connectivity index (χ1) is 10.1. The molecule has 1 saturated carbocycles. The first-order valence-electron chi connectivity index (χ1n) is 6.85. The van der Waals surface area contributed by atoms with Crippen molar-refractivity contribution in [3.8, 4) is 11.1 Å². The Balaban J connectivity index is 2.06. The van der Waals surface area contributed by atoms with E-state index in [-0.39, 0.29) is 10.7 Å². The number of benzene rings is 1.